The minimum Gasteiger partial charge on any atom is -0.487 e. The van der Waals surface area contributed by atoms with Crippen molar-refractivity contribution in [2.45, 2.75) is 45.8 Å². The highest BCUT2D eigenvalue weighted by molar-refractivity contribution is 5.49. The smallest absolute Gasteiger partial charge is 0.168 e. The van der Waals surface area contributed by atoms with Gasteiger partial charge in [-0.2, -0.15) is 0 Å². The molecule has 4 heteroatoms. The van der Waals surface area contributed by atoms with Crippen LogP contribution in [0.2, 0.25) is 0 Å². The standard InChI is InChI=1S/C13H23N3O/c1-4-6-11(14)9-16-13-12(17-10(2)3)7-5-8-15-13/h5,7-8,10-11H,4,6,9,14H2,1-3H3,(H,15,16). The predicted molar refractivity (Wildman–Crippen MR) is 71.4 cm³/mol. The zero-order chi connectivity index (χ0) is 12.7. The third-order valence-corrected chi connectivity index (χ3v) is 2.32. The van der Waals surface area contributed by atoms with Crippen LogP contribution in [0.5, 0.6) is 5.75 Å². The van der Waals surface area contributed by atoms with Crippen LogP contribution in [0.3, 0.4) is 0 Å². The van der Waals surface area contributed by atoms with E-state index in [0.29, 0.717) is 0 Å². The van der Waals surface area contributed by atoms with Gasteiger partial charge >= 0.3 is 0 Å². The lowest BCUT2D eigenvalue weighted by Gasteiger charge is -2.16. The van der Waals surface area contributed by atoms with Gasteiger partial charge in [-0.15, -0.1) is 0 Å². The topological polar surface area (TPSA) is 60.2 Å². The zero-order valence-electron chi connectivity index (χ0n) is 10.9. The minimum absolute atomic E-state index is 0.143. The summed E-state index contributed by atoms with van der Waals surface area (Å²) in [5.74, 6) is 1.55. The molecule has 96 valence electrons. The number of pyridine rings is 1. The van der Waals surface area contributed by atoms with Gasteiger partial charge in [0.1, 0.15) is 0 Å². The quantitative estimate of drug-likeness (QED) is 0.764. The SMILES string of the molecule is CCCC(N)CNc1ncccc1OC(C)C. The van der Waals surface area contributed by atoms with E-state index >= 15 is 0 Å². The van der Waals surface area contributed by atoms with Gasteiger partial charge in [-0.25, -0.2) is 4.98 Å². The maximum absolute atomic E-state index is 5.95. The van der Waals surface area contributed by atoms with Crippen molar-refractivity contribution in [2.75, 3.05) is 11.9 Å². The summed E-state index contributed by atoms with van der Waals surface area (Å²) < 4.78 is 5.67. The molecule has 0 aliphatic heterocycles. The molecule has 0 saturated carbocycles. The Kier molecular flexibility index (Phi) is 5.77. The number of nitrogens with one attached hydrogen (secondary N) is 1. The molecule has 0 aliphatic rings. The number of nitrogens with two attached hydrogens (primary N) is 1. The molecule has 0 aliphatic carbocycles. The highest BCUT2D eigenvalue weighted by Gasteiger charge is 2.07. The zero-order valence-corrected chi connectivity index (χ0v) is 10.9. The van der Waals surface area contributed by atoms with E-state index in [1.165, 1.54) is 0 Å². The van der Waals surface area contributed by atoms with Crippen LogP contribution >= 0.6 is 0 Å². The molecule has 0 bridgehead atoms. The molecule has 0 aromatic carbocycles. The number of nitrogens with zero attached hydrogens (tertiary/aromatic N) is 1. The Balaban J connectivity index is 2.57. The normalized spacial score (nSPS) is 12.5. The number of rotatable bonds is 7. The maximum atomic E-state index is 5.95. The van der Waals surface area contributed by atoms with E-state index < -0.39 is 0 Å². The first-order chi connectivity index (χ1) is 8.13. The van der Waals surface area contributed by atoms with Crippen LogP contribution in [0.15, 0.2) is 18.3 Å². The lowest BCUT2D eigenvalue weighted by Crippen LogP contribution is -2.29. The predicted octanol–water partition coefficient (Wildman–Crippen LogP) is 2.41. The van der Waals surface area contributed by atoms with Gasteiger partial charge < -0.3 is 15.8 Å². The molecule has 1 atom stereocenters. The van der Waals surface area contributed by atoms with E-state index in [1.54, 1.807) is 6.20 Å². The van der Waals surface area contributed by atoms with E-state index in [-0.39, 0.29) is 12.1 Å². The second-order valence-electron chi connectivity index (χ2n) is 4.45. The summed E-state index contributed by atoms with van der Waals surface area (Å²) in [4.78, 5) is 4.27. The van der Waals surface area contributed by atoms with E-state index in [1.807, 2.05) is 26.0 Å². The summed E-state index contributed by atoms with van der Waals surface area (Å²) >= 11 is 0. The summed E-state index contributed by atoms with van der Waals surface area (Å²) in [5.41, 5.74) is 5.95. The largest absolute Gasteiger partial charge is 0.487 e. The maximum Gasteiger partial charge on any atom is 0.168 e. The number of hydrogen-bond donors (Lipinski definition) is 2. The molecular weight excluding hydrogens is 214 g/mol. The summed E-state index contributed by atoms with van der Waals surface area (Å²) in [6.07, 6.45) is 4.01. The Labute approximate surface area is 104 Å². The number of ether oxygens (including phenoxy) is 1. The van der Waals surface area contributed by atoms with Crippen LogP contribution in [-0.2, 0) is 0 Å². The number of aromatic nitrogens is 1. The summed E-state index contributed by atoms with van der Waals surface area (Å²) in [6, 6.07) is 3.95. The van der Waals surface area contributed by atoms with Crippen molar-refractivity contribution >= 4 is 5.82 Å². The molecule has 1 rings (SSSR count). The van der Waals surface area contributed by atoms with Crippen molar-refractivity contribution in [2.24, 2.45) is 5.73 Å². The summed E-state index contributed by atoms with van der Waals surface area (Å²) in [6.45, 7) is 6.85. The molecule has 0 amide bonds. The Bertz CT molecular complexity index is 328. The van der Waals surface area contributed by atoms with Gasteiger partial charge in [-0.1, -0.05) is 13.3 Å². The van der Waals surface area contributed by atoms with Crippen molar-refractivity contribution in [3.05, 3.63) is 18.3 Å². The van der Waals surface area contributed by atoms with Crippen molar-refractivity contribution in [1.29, 1.82) is 0 Å². The minimum atomic E-state index is 0.143. The molecule has 1 heterocycles. The molecule has 3 N–H and O–H groups in total. The van der Waals surface area contributed by atoms with Crippen LogP contribution in [0.4, 0.5) is 5.82 Å². The van der Waals surface area contributed by atoms with Gasteiger partial charge in [0.15, 0.2) is 11.6 Å². The summed E-state index contributed by atoms with van der Waals surface area (Å²) in [5, 5.41) is 3.24. The molecule has 4 nitrogen and oxygen atoms in total. The molecule has 1 aromatic heterocycles. The van der Waals surface area contributed by atoms with Gasteiger partial charge in [0.25, 0.3) is 0 Å². The van der Waals surface area contributed by atoms with Crippen molar-refractivity contribution in [1.82, 2.24) is 4.98 Å². The monoisotopic (exact) mass is 237 g/mol. The fraction of sp³-hybridized carbons (Fsp3) is 0.615. The number of anilines is 1. The molecule has 0 radical (unpaired) electrons. The van der Waals surface area contributed by atoms with Crippen LogP contribution in [0.25, 0.3) is 0 Å². The molecule has 0 saturated heterocycles. The third kappa shape index (κ3) is 5.04. The van der Waals surface area contributed by atoms with Crippen LogP contribution in [-0.4, -0.2) is 23.7 Å². The van der Waals surface area contributed by atoms with Gasteiger partial charge in [-0.05, 0) is 32.4 Å². The highest BCUT2D eigenvalue weighted by atomic mass is 16.5. The lowest BCUT2D eigenvalue weighted by molar-refractivity contribution is 0.243. The first-order valence-electron chi connectivity index (χ1n) is 6.24. The van der Waals surface area contributed by atoms with E-state index in [0.717, 1.165) is 31.0 Å². The highest BCUT2D eigenvalue weighted by Crippen LogP contribution is 2.21. The van der Waals surface area contributed by atoms with Crippen molar-refractivity contribution in [3.63, 3.8) is 0 Å². The Morgan fingerprint density at radius 3 is 2.88 bits per heavy atom. The van der Waals surface area contributed by atoms with Gasteiger partial charge in [0.2, 0.25) is 0 Å². The molecule has 0 spiro atoms. The second kappa shape index (κ2) is 7.12. The first kappa shape index (κ1) is 13.8. The van der Waals surface area contributed by atoms with E-state index in [2.05, 4.69) is 17.2 Å². The van der Waals surface area contributed by atoms with Crippen molar-refractivity contribution in [3.8, 4) is 5.75 Å². The van der Waals surface area contributed by atoms with Crippen LogP contribution in [0, 0.1) is 0 Å². The fourth-order valence-electron chi connectivity index (χ4n) is 1.57. The third-order valence-electron chi connectivity index (χ3n) is 2.32. The average Bonchev–Trinajstić information content (AvgIpc) is 2.27. The Hall–Kier alpha value is -1.29. The van der Waals surface area contributed by atoms with E-state index in [4.69, 9.17) is 10.5 Å². The van der Waals surface area contributed by atoms with Crippen LogP contribution < -0.4 is 15.8 Å². The van der Waals surface area contributed by atoms with Gasteiger partial charge in [0.05, 0.1) is 6.10 Å². The Morgan fingerprint density at radius 2 is 2.24 bits per heavy atom. The fourth-order valence-corrected chi connectivity index (χ4v) is 1.57. The molecule has 1 unspecified atom stereocenters. The van der Waals surface area contributed by atoms with E-state index in [9.17, 15) is 0 Å². The lowest BCUT2D eigenvalue weighted by atomic mass is 10.2. The van der Waals surface area contributed by atoms with Crippen molar-refractivity contribution < 1.29 is 4.74 Å². The second-order valence-corrected chi connectivity index (χ2v) is 4.45. The molecular formula is C13H23N3O. The average molecular weight is 237 g/mol. The molecule has 17 heavy (non-hydrogen) atoms. The number of hydrogen-bond acceptors (Lipinski definition) is 4. The van der Waals surface area contributed by atoms with Gasteiger partial charge in [0, 0.05) is 18.8 Å². The summed E-state index contributed by atoms with van der Waals surface area (Å²) in [7, 11) is 0. The van der Waals surface area contributed by atoms with Crippen LogP contribution in [0.1, 0.15) is 33.6 Å². The molecule has 1 aromatic rings. The Morgan fingerprint density at radius 1 is 1.47 bits per heavy atom. The van der Waals surface area contributed by atoms with Gasteiger partial charge in [-0.3, -0.25) is 0 Å². The first-order valence-corrected chi connectivity index (χ1v) is 6.24. The molecule has 0 fully saturated rings.